The van der Waals surface area contributed by atoms with Crippen LogP contribution in [0, 0.1) is 0 Å². The van der Waals surface area contributed by atoms with Crippen molar-refractivity contribution in [3.8, 4) is 11.5 Å². The monoisotopic (exact) mass is 532 g/mol. The zero-order valence-electron chi connectivity index (χ0n) is 22.0. The molecule has 1 aromatic heterocycles. The van der Waals surface area contributed by atoms with Crippen LogP contribution in [0.25, 0.3) is 5.76 Å². The third-order valence-electron chi connectivity index (χ3n) is 7.21. The van der Waals surface area contributed by atoms with Crippen LogP contribution in [0.1, 0.15) is 40.8 Å². The predicted molar refractivity (Wildman–Crippen MR) is 150 cm³/mol. The maximum atomic E-state index is 13.5. The molecule has 0 radical (unpaired) electrons. The van der Waals surface area contributed by atoms with E-state index in [1.165, 1.54) is 4.90 Å². The first-order chi connectivity index (χ1) is 19.5. The van der Waals surface area contributed by atoms with E-state index < -0.39 is 17.7 Å². The smallest absolute Gasteiger partial charge is 0.295 e. The van der Waals surface area contributed by atoms with Crippen LogP contribution < -0.4 is 9.47 Å². The minimum atomic E-state index is -0.816. The van der Waals surface area contributed by atoms with E-state index in [0.29, 0.717) is 29.9 Å². The maximum Gasteiger partial charge on any atom is 0.295 e. The van der Waals surface area contributed by atoms with Gasteiger partial charge in [0, 0.05) is 30.9 Å². The van der Waals surface area contributed by atoms with Gasteiger partial charge in [-0.25, -0.2) is 0 Å². The van der Waals surface area contributed by atoms with Gasteiger partial charge in [0.15, 0.2) is 0 Å². The van der Waals surface area contributed by atoms with Crippen molar-refractivity contribution in [3.63, 3.8) is 0 Å². The molecule has 200 valence electrons. The molecule has 1 amide bonds. The highest BCUT2D eigenvalue weighted by Crippen LogP contribution is 2.42. The highest BCUT2D eigenvalue weighted by Gasteiger charge is 2.46. The number of ketones is 1. The standard InChI is InChI=1S/C33H28N2O5/c1-21-15-26-16-25(12-13-28(26)40-21)31(36)29-30(35(33(38)32(29)37)19-23-9-6-14-34-18-23)24-10-5-11-27(17-24)39-20-22-7-3-2-4-8-22/h2-14,16-18,21,30,36H,15,19-20H2,1H3/b31-29-. The molecule has 2 aliphatic heterocycles. The summed E-state index contributed by atoms with van der Waals surface area (Å²) in [5, 5.41) is 11.5. The molecule has 0 bridgehead atoms. The molecule has 1 fully saturated rings. The fourth-order valence-electron chi connectivity index (χ4n) is 5.32. The van der Waals surface area contributed by atoms with Gasteiger partial charge in [0.25, 0.3) is 11.7 Å². The topological polar surface area (TPSA) is 89.0 Å². The van der Waals surface area contributed by atoms with Gasteiger partial charge >= 0.3 is 0 Å². The van der Waals surface area contributed by atoms with Crippen LogP contribution in [0.15, 0.2) is 103 Å². The number of amides is 1. The number of aromatic nitrogens is 1. The van der Waals surface area contributed by atoms with Gasteiger partial charge in [0.1, 0.15) is 30.0 Å². The Hall–Kier alpha value is -4.91. The van der Waals surface area contributed by atoms with E-state index in [1.807, 2.05) is 73.7 Å². The minimum Gasteiger partial charge on any atom is -0.507 e. The summed E-state index contributed by atoms with van der Waals surface area (Å²) in [4.78, 5) is 32.6. The van der Waals surface area contributed by atoms with Crippen molar-refractivity contribution in [2.45, 2.75) is 38.6 Å². The summed E-state index contributed by atoms with van der Waals surface area (Å²) >= 11 is 0. The Labute approximate surface area is 232 Å². The number of Topliss-reactive ketones (excluding diaryl/α,β-unsaturated/α-hetero) is 1. The molecule has 0 saturated carbocycles. The molecule has 7 heteroatoms. The molecule has 7 nitrogen and oxygen atoms in total. The molecule has 2 aliphatic rings. The lowest BCUT2D eigenvalue weighted by atomic mass is 9.94. The third-order valence-corrected chi connectivity index (χ3v) is 7.21. The second kappa shape index (κ2) is 10.7. The molecule has 3 heterocycles. The van der Waals surface area contributed by atoms with Crippen molar-refractivity contribution < 1.29 is 24.2 Å². The Bertz CT molecular complexity index is 1600. The van der Waals surface area contributed by atoms with Crippen LogP contribution in [-0.4, -0.2) is 32.8 Å². The number of likely N-dealkylation sites (tertiary alicyclic amines) is 1. The van der Waals surface area contributed by atoms with Gasteiger partial charge in [-0.05, 0) is 65.6 Å². The average molecular weight is 533 g/mol. The van der Waals surface area contributed by atoms with E-state index in [4.69, 9.17) is 9.47 Å². The third kappa shape index (κ3) is 4.94. The summed E-state index contributed by atoms with van der Waals surface area (Å²) in [5.41, 5.74) is 3.92. The van der Waals surface area contributed by atoms with Crippen molar-refractivity contribution in [3.05, 3.63) is 131 Å². The molecule has 2 atom stereocenters. The number of benzene rings is 3. The van der Waals surface area contributed by atoms with Crippen molar-refractivity contribution in [1.29, 1.82) is 0 Å². The summed E-state index contributed by atoms with van der Waals surface area (Å²) in [5.74, 6) is -0.260. The van der Waals surface area contributed by atoms with Gasteiger partial charge in [-0.15, -0.1) is 0 Å². The van der Waals surface area contributed by atoms with E-state index in [9.17, 15) is 14.7 Å². The number of nitrogens with zero attached hydrogens (tertiary/aromatic N) is 2. The van der Waals surface area contributed by atoms with E-state index >= 15 is 0 Å². The lowest BCUT2D eigenvalue weighted by Gasteiger charge is -2.25. The summed E-state index contributed by atoms with van der Waals surface area (Å²) in [6.07, 6.45) is 4.06. The summed E-state index contributed by atoms with van der Waals surface area (Å²) in [6, 6.07) is 25.3. The van der Waals surface area contributed by atoms with Crippen LogP contribution in [0.3, 0.4) is 0 Å². The van der Waals surface area contributed by atoms with Crippen LogP contribution in [-0.2, 0) is 29.2 Å². The molecule has 2 unspecified atom stereocenters. The zero-order valence-corrected chi connectivity index (χ0v) is 22.0. The average Bonchev–Trinajstić information content (AvgIpc) is 3.48. The van der Waals surface area contributed by atoms with E-state index in [2.05, 4.69) is 4.98 Å². The van der Waals surface area contributed by atoms with Gasteiger partial charge in [-0.1, -0.05) is 48.5 Å². The fourth-order valence-corrected chi connectivity index (χ4v) is 5.32. The van der Waals surface area contributed by atoms with Gasteiger partial charge in [-0.2, -0.15) is 0 Å². The molecule has 1 N–H and O–H groups in total. The van der Waals surface area contributed by atoms with Crippen LogP contribution in [0.4, 0.5) is 0 Å². The largest absolute Gasteiger partial charge is 0.507 e. The predicted octanol–water partition coefficient (Wildman–Crippen LogP) is 5.61. The normalized spacial score (nSPS) is 19.4. The maximum absolute atomic E-state index is 13.5. The number of pyridine rings is 1. The first-order valence-electron chi connectivity index (χ1n) is 13.2. The van der Waals surface area contributed by atoms with E-state index in [-0.39, 0.29) is 24.0 Å². The molecular formula is C33H28N2O5. The Balaban J connectivity index is 1.41. The van der Waals surface area contributed by atoms with Gasteiger partial charge < -0.3 is 19.5 Å². The van der Waals surface area contributed by atoms with E-state index in [0.717, 1.165) is 22.4 Å². The number of fused-ring (bicyclic) bond motifs is 1. The summed E-state index contributed by atoms with van der Waals surface area (Å²) in [6.45, 7) is 2.51. The molecule has 4 aromatic rings. The number of carbonyl (C=O) groups is 2. The van der Waals surface area contributed by atoms with Gasteiger partial charge in [0.2, 0.25) is 0 Å². The van der Waals surface area contributed by atoms with Crippen molar-refractivity contribution in [2.75, 3.05) is 0 Å². The second-order valence-electron chi connectivity index (χ2n) is 10.1. The number of ether oxygens (including phenoxy) is 2. The number of hydrogen-bond donors (Lipinski definition) is 1. The molecule has 3 aromatic carbocycles. The number of hydrogen-bond acceptors (Lipinski definition) is 6. The summed E-state index contributed by atoms with van der Waals surface area (Å²) in [7, 11) is 0. The number of carbonyl (C=O) groups excluding carboxylic acids is 2. The zero-order chi connectivity index (χ0) is 27.6. The first-order valence-corrected chi connectivity index (χ1v) is 13.2. The van der Waals surface area contributed by atoms with Crippen molar-refractivity contribution in [1.82, 2.24) is 9.88 Å². The van der Waals surface area contributed by atoms with Crippen molar-refractivity contribution in [2.24, 2.45) is 0 Å². The van der Waals surface area contributed by atoms with Crippen molar-refractivity contribution >= 4 is 17.4 Å². The van der Waals surface area contributed by atoms with Gasteiger partial charge in [-0.3, -0.25) is 14.6 Å². The first kappa shape index (κ1) is 25.4. The molecular weight excluding hydrogens is 504 g/mol. The van der Waals surface area contributed by atoms with Crippen LogP contribution in [0.5, 0.6) is 11.5 Å². The van der Waals surface area contributed by atoms with Gasteiger partial charge in [0.05, 0.1) is 11.6 Å². The Kier molecular flexibility index (Phi) is 6.78. The molecule has 0 spiro atoms. The summed E-state index contributed by atoms with van der Waals surface area (Å²) < 4.78 is 11.8. The van der Waals surface area contributed by atoms with Crippen LogP contribution >= 0.6 is 0 Å². The number of aliphatic hydroxyl groups excluding tert-OH is 1. The van der Waals surface area contributed by atoms with E-state index in [1.54, 1.807) is 30.6 Å². The van der Waals surface area contributed by atoms with Crippen LogP contribution in [0.2, 0.25) is 0 Å². The lowest BCUT2D eigenvalue weighted by Crippen LogP contribution is -2.29. The highest BCUT2D eigenvalue weighted by atomic mass is 16.5. The second-order valence-corrected chi connectivity index (χ2v) is 10.1. The molecule has 40 heavy (non-hydrogen) atoms. The Morgan fingerprint density at radius 1 is 1.00 bits per heavy atom. The Morgan fingerprint density at radius 2 is 1.82 bits per heavy atom. The fraction of sp³-hybridized carbons (Fsp3) is 0.182. The quantitative estimate of drug-likeness (QED) is 0.189. The SMILES string of the molecule is CC1Cc2cc(/C(O)=C3/C(=O)C(=O)N(Cc4cccnc4)C3c3cccc(OCc4ccccc4)c3)ccc2O1. The number of rotatable bonds is 7. The molecule has 0 aliphatic carbocycles. The minimum absolute atomic E-state index is 0.0380. The molecule has 1 saturated heterocycles. The number of aliphatic hydroxyl groups is 1. The Morgan fingerprint density at radius 3 is 2.62 bits per heavy atom. The molecule has 6 rings (SSSR count). The highest BCUT2D eigenvalue weighted by molar-refractivity contribution is 6.46. The lowest BCUT2D eigenvalue weighted by molar-refractivity contribution is -0.140.